The molecule has 2 aliphatic rings. The van der Waals surface area contributed by atoms with Gasteiger partial charge in [-0.2, -0.15) is 4.98 Å². The third-order valence-corrected chi connectivity index (χ3v) is 17.6. The Balaban J connectivity index is 1.07. The summed E-state index contributed by atoms with van der Waals surface area (Å²) in [5, 5.41) is 5.31. The first-order valence-corrected chi connectivity index (χ1v) is 32.4. The Bertz CT molecular complexity index is 3320. The summed E-state index contributed by atoms with van der Waals surface area (Å²) < 4.78 is 110. The predicted molar refractivity (Wildman–Crippen MR) is 338 cm³/mol. The van der Waals surface area contributed by atoms with Crippen molar-refractivity contribution in [3.63, 3.8) is 0 Å². The summed E-state index contributed by atoms with van der Waals surface area (Å²) >= 11 is 0. The van der Waals surface area contributed by atoms with Crippen LogP contribution < -0.4 is 25.7 Å². The number of esters is 3. The maximum absolute atomic E-state index is 16.0. The Morgan fingerprint density at radius 2 is 1.21 bits per heavy atom. The summed E-state index contributed by atoms with van der Waals surface area (Å²) in [7, 11) is 0.185. The molecule has 0 aliphatic carbocycles. The van der Waals surface area contributed by atoms with Gasteiger partial charge in [-0.15, -0.1) is 0 Å². The number of benzene rings is 3. The Labute approximate surface area is 545 Å². The van der Waals surface area contributed by atoms with Crippen LogP contribution in [0.25, 0.3) is 11.2 Å². The van der Waals surface area contributed by atoms with Crippen LogP contribution in [0.3, 0.4) is 0 Å². The summed E-state index contributed by atoms with van der Waals surface area (Å²) in [5.41, 5.74) is 0.193. The molecule has 5 aromatic rings. The summed E-state index contributed by atoms with van der Waals surface area (Å²) in [6, 6.07) is 22.7. The lowest BCUT2D eigenvalue weighted by molar-refractivity contribution is -0.279. The van der Waals surface area contributed by atoms with E-state index in [0.717, 1.165) is 30.5 Å². The minimum absolute atomic E-state index is 0.0312. The van der Waals surface area contributed by atoms with Gasteiger partial charge in [0.05, 0.1) is 80.0 Å². The normalized spacial score (nSPS) is 21.3. The van der Waals surface area contributed by atoms with Gasteiger partial charge in [0.25, 0.3) is 5.56 Å². The van der Waals surface area contributed by atoms with Crippen LogP contribution in [0.15, 0.2) is 90.0 Å². The SMILES string of the molecule is COc1ccc(C(OC[C@H]2O[C@@H](n3cnc4c(=O)[nH]c(NC(=O)C(C)C)nc43)[C@H](OC)[C@@H]2OP(=O)(OCCOCCOCCOCCO[C@@H]2O[C@H](COC(C)=O)[C@H](OC(C)=O)[C@H](OC(C)=O)[C@H]2NC(C)=O)N(C(C)C)C(C)C)(c2ccccc2)c2ccc(OC)cc2)cc1. The van der Waals surface area contributed by atoms with E-state index in [1.165, 1.54) is 31.9 Å². The Morgan fingerprint density at radius 1 is 0.670 bits per heavy atom. The van der Waals surface area contributed by atoms with Crippen LogP contribution in [0.2, 0.25) is 0 Å². The zero-order chi connectivity index (χ0) is 68.3. The summed E-state index contributed by atoms with van der Waals surface area (Å²) in [5.74, 6) is -2.35. The molecule has 0 radical (unpaired) electrons. The lowest BCUT2D eigenvalue weighted by Crippen LogP contribution is -2.66. The number of H-pyrrole nitrogens is 1. The molecular formula is C64H88N7O22P. The number of fused-ring (bicyclic) bond motifs is 1. The number of hydrogen-bond acceptors (Lipinski definition) is 24. The van der Waals surface area contributed by atoms with Gasteiger partial charge in [-0.25, -0.2) is 14.2 Å². The number of hydrogen-bond donors (Lipinski definition) is 3. The van der Waals surface area contributed by atoms with E-state index in [4.69, 9.17) is 70.6 Å². The van der Waals surface area contributed by atoms with Gasteiger partial charge in [0, 0.05) is 52.8 Å². The van der Waals surface area contributed by atoms with Crippen LogP contribution in [-0.2, 0) is 95.3 Å². The fourth-order valence-corrected chi connectivity index (χ4v) is 13.3. The van der Waals surface area contributed by atoms with E-state index in [2.05, 4.69) is 25.6 Å². The van der Waals surface area contributed by atoms with E-state index in [0.29, 0.717) is 11.5 Å². The lowest BCUT2D eigenvalue weighted by atomic mass is 9.80. The van der Waals surface area contributed by atoms with Crippen molar-refractivity contribution >= 4 is 54.6 Å². The van der Waals surface area contributed by atoms with Gasteiger partial charge in [0.1, 0.15) is 54.2 Å². The smallest absolute Gasteiger partial charge is 0.409 e. The maximum atomic E-state index is 16.0. The average molecular weight is 1340 g/mol. The van der Waals surface area contributed by atoms with Crippen LogP contribution in [0.5, 0.6) is 11.5 Å². The number of nitrogens with zero attached hydrogens (tertiary/aromatic N) is 4. The molecule has 1 unspecified atom stereocenters. The van der Waals surface area contributed by atoms with E-state index in [-0.39, 0.29) is 89.1 Å². The van der Waals surface area contributed by atoms with E-state index in [9.17, 15) is 28.8 Å². The van der Waals surface area contributed by atoms with Crippen molar-refractivity contribution in [2.45, 2.75) is 142 Å². The van der Waals surface area contributed by atoms with Crippen LogP contribution in [-0.4, -0.2) is 202 Å². The highest BCUT2D eigenvalue weighted by Crippen LogP contribution is 2.58. The molecule has 2 aromatic heterocycles. The molecule has 30 heteroatoms. The molecule has 94 heavy (non-hydrogen) atoms. The molecule has 0 saturated carbocycles. The number of aromatic amines is 1. The van der Waals surface area contributed by atoms with Crippen molar-refractivity contribution in [3.05, 3.63) is 112 Å². The third kappa shape index (κ3) is 19.0. The number of amides is 2. The molecule has 0 bridgehead atoms. The van der Waals surface area contributed by atoms with Gasteiger partial charge in [-0.05, 0) is 68.7 Å². The van der Waals surface area contributed by atoms with Crippen molar-refractivity contribution in [1.82, 2.24) is 29.5 Å². The second-order valence-corrected chi connectivity index (χ2v) is 24.7. The van der Waals surface area contributed by atoms with Crippen molar-refractivity contribution in [2.75, 3.05) is 92.7 Å². The minimum atomic E-state index is -4.43. The highest BCUT2D eigenvalue weighted by molar-refractivity contribution is 7.51. The van der Waals surface area contributed by atoms with Crippen molar-refractivity contribution in [3.8, 4) is 11.5 Å². The van der Waals surface area contributed by atoms with Gasteiger partial charge in [0.2, 0.25) is 17.8 Å². The standard InChI is InChI=1S/C64H88N7O22P/c1-38(2)59(76)68-63-67-58-53(60(77)69-63)65-37-70(58)61-57(81-13)55(51(91-61)36-87-64(45-17-15-14-16-18-45,46-19-23-48(79-11)24-20-46)47-21-25-49(80-12)26-22-47)93-94(78,71(39(3)4)40(5)6)88-34-32-84-30-28-82-27-29-83-31-33-85-62-52(66-41(7)72)56(90-44(10)75)54(89-43(9)74)50(92-62)35-86-42(8)73/h14-26,37-40,50-52,54-57,61-62H,27-36H2,1-13H3,(H,66,72)(H2,67,68,69,76,77)/t50-,51-,52-,54+,55-,56-,57-,61-,62-,94?/m1/s1. The molecule has 7 rings (SSSR count). The van der Waals surface area contributed by atoms with Crippen LogP contribution in [0.4, 0.5) is 5.95 Å². The molecule has 0 spiro atoms. The van der Waals surface area contributed by atoms with Crippen LogP contribution in [0.1, 0.15) is 92.2 Å². The second kappa shape index (κ2) is 34.9. The lowest BCUT2D eigenvalue weighted by Gasteiger charge is -2.44. The van der Waals surface area contributed by atoms with Crippen molar-refractivity contribution in [1.29, 1.82) is 0 Å². The number of methoxy groups -OCH3 is 3. The molecule has 2 amide bonds. The van der Waals surface area contributed by atoms with Gasteiger partial charge in [0.15, 0.2) is 35.9 Å². The highest BCUT2D eigenvalue weighted by Gasteiger charge is 2.55. The summed E-state index contributed by atoms with van der Waals surface area (Å²) in [6.45, 7) is 15.2. The first-order chi connectivity index (χ1) is 44.9. The summed E-state index contributed by atoms with van der Waals surface area (Å²) in [4.78, 5) is 86.5. The molecule has 4 heterocycles. The Kier molecular flexibility index (Phi) is 27.6. The van der Waals surface area contributed by atoms with Gasteiger partial charge in [-0.1, -0.05) is 68.4 Å². The first-order valence-electron chi connectivity index (χ1n) is 30.9. The molecule has 10 atom stereocenters. The second-order valence-electron chi connectivity index (χ2n) is 22.8. The first kappa shape index (κ1) is 74.1. The maximum Gasteiger partial charge on any atom is 0.409 e. The Morgan fingerprint density at radius 3 is 1.73 bits per heavy atom. The quantitative estimate of drug-likeness (QED) is 0.0136. The van der Waals surface area contributed by atoms with Crippen molar-refractivity contribution < 1.29 is 99.2 Å². The molecule has 516 valence electrons. The number of carbonyl (C=O) groups excluding carboxylic acids is 5. The van der Waals surface area contributed by atoms with E-state index < -0.39 is 116 Å². The number of rotatable bonds is 36. The Hall–Kier alpha value is -7.25. The summed E-state index contributed by atoms with van der Waals surface area (Å²) in [6.07, 6.45) is -8.23. The molecule has 29 nitrogen and oxygen atoms in total. The molecule has 3 aromatic carbocycles. The zero-order valence-electron chi connectivity index (χ0n) is 55.3. The fourth-order valence-electron chi connectivity index (χ4n) is 11.0. The van der Waals surface area contributed by atoms with E-state index in [1.807, 2.05) is 107 Å². The number of carbonyl (C=O) groups is 5. The molecule has 3 N–H and O–H groups in total. The molecule has 2 fully saturated rings. The van der Waals surface area contributed by atoms with Crippen LogP contribution >= 0.6 is 7.75 Å². The van der Waals surface area contributed by atoms with Crippen LogP contribution in [0, 0.1) is 5.92 Å². The topological polar surface area (TPSA) is 332 Å². The average Bonchev–Trinajstić information content (AvgIpc) is 1.38. The third-order valence-electron chi connectivity index (χ3n) is 15.1. The number of nitrogens with one attached hydrogen (secondary N) is 3. The number of anilines is 1. The van der Waals surface area contributed by atoms with E-state index >= 15 is 4.57 Å². The number of imidazole rings is 1. The van der Waals surface area contributed by atoms with Gasteiger partial charge >= 0.3 is 25.7 Å². The predicted octanol–water partition coefficient (Wildman–Crippen LogP) is 6.00. The molecular weight excluding hydrogens is 1250 g/mol. The minimum Gasteiger partial charge on any atom is -0.497 e. The largest absolute Gasteiger partial charge is 0.497 e. The molecule has 2 aliphatic heterocycles. The van der Waals surface area contributed by atoms with Gasteiger partial charge < -0.3 is 66.9 Å². The monoisotopic (exact) mass is 1340 g/mol. The molecule has 2 saturated heterocycles. The number of ether oxygens (including phenoxy) is 13. The zero-order valence-corrected chi connectivity index (χ0v) is 56.2. The van der Waals surface area contributed by atoms with E-state index in [1.54, 1.807) is 32.7 Å². The fraction of sp³-hybridized carbons (Fsp3) is 0.562. The number of aromatic nitrogens is 4. The van der Waals surface area contributed by atoms with Crippen molar-refractivity contribution in [2.24, 2.45) is 5.92 Å². The highest BCUT2D eigenvalue weighted by atomic mass is 31.2. The van der Waals surface area contributed by atoms with Gasteiger partial charge in [-0.3, -0.25) is 52.7 Å².